The predicted octanol–water partition coefficient (Wildman–Crippen LogP) is -0.439. The van der Waals surface area contributed by atoms with Crippen LogP contribution in [0.5, 0.6) is 0 Å². The van der Waals surface area contributed by atoms with Crippen molar-refractivity contribution in [1.29, 1.82) is 0 Å². The van der Waals surface area contributed by atoms with E-state index in [2.05, 4.69) is 0 Å². The molecule has 2 N–H and O–H groups in total. The zero-order valence-corrected chi connectivity index (χ0v) is 5.69. The Balaban J connectivity index is 2.47. The summed E-state index contributed by atoms with van der Waals surface area (Å²) in [5.74, 6) is -2.74. The lowest BCUT2D eigenvalue weighted by Crippen LogP contribution is -2.19. The Morgan fingerprint density at radius 2 is 1.91 bits per heavy atom. The number of hydrogen-bond donors (Lipinski definition) is 2. The summed E-state index contributed by atoms with van der Waals surface area (Å²) in [7, 11) is 0. The van der Waals surface area contributed by atoms with Crippen molar-refractivity contribution in [2.75, 3.05) is 6.61 Å². The SMILES string of the molecule is O=C(O)C1COC(C(=O)O)C1. The summed E-state index contributed by atoms with van der Waals surface area (Å²) in [6, 6.07) is 0. The average Bonchev–Trinajstić information content (AvgIpc) is 2.33. The van der Waals surface area contributed by atoms with Crippen LogP contribution in [0, 0.1) is 5.92 Å². The lowest BCUT2D eigenvalue weighted by molar-refractivity contribution is -0.147. The quantitative estimate of drug-likeness (QED) is 0.572. The van der Waals surface area contributed by atoms with E-state index in [1.54, 1.807) is 0 Å². The van der Waals surface area contributed by atoms with Crippen molar-refractivity contribution in [3.05, 3.63) is 0 Å². The van der Waals surface area contributed by atoms with Gasteiger partial charge < -0.3 is 14.9 Å². The van der Waals surface area contributed by atoms with Crippen LogP contribution >= 0.6 is 0 Å². The van der Waals surface area contributed by atoms with Crippen molar-refractivity contribution in [2.24, 2.45) is 5.92 Å². The van der Waals surface area contributed by atoms with Crippen LogP contribution in [-0.4, -0.2) is 34.9 Å². The zero-order valence-electron chi connectivity index (χ0n) is 5.69. The molecule has 1 rings (SSSR count). The highest BCUT2D eigenvalue weighted by Gasteiger charge is 2.34. The number of aliphatic carboxylic acids is 2. The molecule has 0 amide bonds. The van der Waals surface area contributed by atoms with E-state index in [9.17, 15) is 9.59 Å². The van der Waals surface area contributed by atoms with E-state index in [-0.39, 0.29) is 13.0 Å². The predicted molar refractivity (Wildman–Crippen MR) is 33.1 cm³/mol. The third-order valence-electron chi connectivity index (χ3n) is 1.62. The van der Waals surface area contributed by atoms with Crippen LogP contribution in [0.3, 0.4) is 0 Å². The van der Waals surface area contributed by atoms with Gasteiger partial charge in [0.15, 0.2) is 6.10 Å². The second kappa shape index (κ2) is 2.87. The highest BCUT2D eigenvalue weighted by atomic mass is 16.5. The summed E-state index contributed by atoms with van der Waals surface area (Å²) < 4.78 is 4.71. The number of rotatable bonds is 2. The van der Waals surface area contributed by atoms with E-state index < -0.39 is 24.0 Å². The monoisotopic (exact) mass is 160 g/mol. The molecular weight excluding hydrogens is 152 g/mol. The summed E-state index contributed by atoms with van der Waals surface area (Å²) in [6.07, 6.45) is -0.860. The number of carbonyl (C=O) groups is 2. The van der Waals surface area contributed by atoms with Gasteiger partial charge in [-0.1, -0.05) is 0 Å². The van der Waals surface area contributed by atoms with Gasteiger partial charge in [-0.15, -0.1) is 0 Å². The van der Waals surface area contributed by atoms with E-state index in [1.165, 1.54) is 0 Å². The average molecular weight is 160 g/mol. The number of carboxylic acids is 2. The number of ether oxygens (including phenoxy) is 1. The van der Waals surface area contributed by atoms with Gasteiger partial charge in [-0.25, -0.2) is 4.79 Å². The summed E-state index contributed by atoms with van der Waals surface area (Å²) in [5.41, 5.74) is 0. The van der Waals surface area contributed by atoms with Crippen LogP contribution in [-0.2, 0) is 14.3 Å². The molecule has 0 saturated carbocycles. The first kappa shape index (κ1) is 8.00. The fourth-order valence-corrected chi connectivity index (χ4v) is 0.971. The highest BCUT2D eigenvalue weighted by Crippen LogP contribution is 2.19. The Hall–Kier alpha value is -1.10. The first-order valence-electron chi connectivity index (χ1n) is 3.18. The van der Waals surface area contributed by atoms with Crippen molar-refractivity contribution in [2.45, 2.75) is 12.5 Å². The van der Waals surface area contributed by atoms with E-state index in [4.69, 9.17) is 14.9 Å². The molecule has 1 heterocycles. The van der Waals surface area contributed by atoms with Crippen LogP contribution in [0.1, 0.15) is 6.42 Å². The third-order valence-corrected chi connectivity index (χ3v) is 1.62. The normalized spacial score (nSPS) is 30.2. The first-order chi connectivity index (χ1) is 5.11. The Morgan fingerprint density at radius 1 is 1.27 bits per heavy atom. The molecule has 2 atom stereocenters. The molecule has 1 fully saturated rings. The highest BCUT2D eigenvalue weighted by molar-refractivity contribution is 5.76. The fourth-order valence-electron chi connectivity index (χ4n) is 0.971. The zero-order chi connectivity index (χ0) is 8.43. The summed E-state index contributed by atoms with van der Waals surface area (Å²) >= 11 is 0. The molecule has 0 aromatic heterocycles. The van der Waals surface area contributed by atoms with Gasteiger partial charge in [-0.3, -0.25) is 4.79 Å². The molecule has 5 nitrogen and oxygen atoms in total. The van der Waals surface area contributed by atoms with Crippen molar-refractivity contribution in [1.82, 2.24) is 0 Å². The molecule has 62 valence electrons. The lowest BCUT2D eigenvalue weighted by Gasteiger charge is -1.99. The Bertz CT molecular complexity index is 167. The standard InChI is InChI=1S/C6H8O5/c7-5(8)3-1-4(6(9)10)11-2-3/h3-4H,1-2H2,(H,7,8)(H,9,10). The van der Waals surface area contributed by atoms with E-state index >= 15 is 0 Å². The summed E-state index contributed by atoms with van der Waals surface area (Å²) in [6.45, 7) is 0.00625. The Morgan fingerprint density at radius 3 is 2.18 bits per heavy atom. The summed E-state index contributed by atoms with van der Waals surface area (Å²) in [4.78, 5) is 20.5. The van der Waals surface area contributed by atoms with Gasteiger partial charge in [-0.05, 0) is 6.42 Å². The van der Waals surface area contributed by atoms with Crippen LogP contribution in [0.4, 0.5) is 0 Å². The fraction of sp³-hybridized carbons (Fsp3) is 0.667. The minimum Gasteiger partial charge on any atom is -0.481 e. The maximum absolute atomic E-state index is 10.3. The second-order valence-electron chi connectivity index (χ2n) is 2.43. The molecule has 1 aliphatic rings. The van der Waals surface area contributed by atoms with Gasteiger partial charge >= 0.3 is 11.9 Å². The largest absolute Gasteiger partial charge is 0.481 e. The Labute approximate surface area is 62.6 Å². The molecular formula is C6H8O5. The maximum Gasteiger partial charge on any atom is 0.332 e. The molecule has 0 bridgehead atoms. The van der Waals surface area contributed by atoms with Crippen LogP contribution in [0.25, 0.3) is 0 Å². The molecule has 1 aliphatic heterocycles. The first-order valence-corrected chi connectivity index (χ1v) is 3.18. The van der Waals surface area contributed by atoms with Crippen LogP contribution < -0.4 is 0 Å². The van der Waals surface area contributed by atoms with Gasteiger partial charge in [0.05, 0.1) is 12.5 Å². The van der Waals surface area contributed by atoms with Gasteiger partial charge in [0.1, 0.15) is 0 Å². The summed E-state index contributed by atoms with van der Waals surface area (Å²) in [5, 5.41) is 16.8. The van der Waals surface area contributed by atoms with Crippen molar-refractivity contribution < 1.29 is 24.5 Å². The maximum atomic E-state index is 10.3. The topological polar surface area (TPSA) is 83.8 Å². The molecule has 1 saturated heterocycles. The molecule has 5 heteroatoms. The van der Waals surface area contributed by atoms with E-state index in [0.717, 1.165) is 0 Å². The third kappa shape index (κ3) is 1.68. The lowest BCUT2D eigenvalue weighted by atomic mass is 10.1. The second-order valence-corrected chi connectivity index (χ2v) is 2.43. The van der Waals surface area contributed by atoms with E-state index in [1.807, 2.05) is 0 Å². The smallest absolute Gasteiger partial charge is 0.332 e. The number of hydrogen-bond acceptors (Lipinski definition) is 3. The molecule has 0 aromatic rings. The minimum absolute atomic E-state index is 0.00625. The van der Waals surface area contributed by atoms with Crippen LogP contribution in [0.15, 0.2) is 0 Å². The van der Waals surface area contributed by atoms with Crippen molar-refractivity contribution in [3.63, 3.8) is 0 Å². The minimum atomic E-state index is -1.09. The van der Waals surface area contributed by atoms with Crippen molar-refractivity contribution >= 4 is 11.9 Å². The van der Waals surface area contributed by atoms with Gasteiger partial charge in [0, 0.05) is 0 Å². The molecule has 0 aliphatic carbocycles. The van der Waals surface area contributed by atoms with Crippen molar-refractivity contribution in [3.8, 4) is 0 Å². The van der Waals surface area contributed by atoms with Gasteiger partial charge in [0.2, 0.25) is 0 Å². The van der Waals surface area contributed by atoms with Gasteiger partial charge in [0.25, 0.3) is 0 Å². The molecule has 0 spiro atoms. The molecule has 0 aromatic carbocycles. The molecule has 0 radical (unpaired) electrons. The van der Waals surface area contributed by atoms with Gasteiger partial charge in [-0.2, -0.15) is 0 Å². The Kier molecular flexibility index (Phi) is 2.09. The number of carboxylic acid groups (broad SMARTS) is 2. The van der Waals surface area contributed by atoms with E-state index in [0.29, 0.717) is 0 Å². The van der Waals surface area contributed by atoms with Crippen LogP contribution in [0.2, 0.25) is 0 Å². The molecule has 2 unspecified atom stereocenters. The molecule has 11 heavy (non-hydrogen) atoms.